The molecule has 120 valence electrons. The maximum Gasteiger partial charge on any atom is 0.405 e. The number of carbonyl (C=O) groups excluding carboxylic acids is 1. The van der Waals surface area contributed by atoms with E-state index in [1.807, 2.05) is 0 Å². The highest BCUT2D eigenvalue weighted by Gasteiger charge is 2.23. The quantitative estimate of drug-likeness (QED) is 0.544. The second-order valence-corrected chi connectivity index (χ2v) is 5.45. The monoisotopic (exact) mass is 336 g/mol. The molecular weight excluding hydrogens is 324 g/mol. The van der Waals surface area contributed by atoms with Gasteiger partial charge in [-0.1, -0.05) is 30.3 Å². The van der Waals surface area contributed by atoms with Gasteiger partial charge in [-0.05, 0) is 16.9 Å². The number of hydrogen-bond acceptors (Lipinski definition) is 6. The van der Waals surface area contributed by atoms with Crippen molar-refractivity contribution in [2.45, 2.75) is 12.5 Å². The van der Waals surface area contributed by atoms with Gasteiger partial charge in [0, 0.05) is 6.42 Å². The minimum Gasteiger partial charge on any atom is -0.465 e. The smallest absolute Gasteiger partial charge is 0.405 e. The first kappa shape index (κ1) is 16.4. The molecule has 0 spiro atoms. The number of nitrogens with one attached hydrogen (secondary N) is 2. The van der Waals surface area contributed by atoms with E-state index in [-0.39, 0.29) is 16.6 Å². The first-order chi connectivity index (χ1) is 11.0. The first-order valence-corrected chi connectivity index (χ1v) is 7.22. The summed E-state index contributed by atoms with van der Waals surface area (Å²) < 4.78 is 0. The predicted molar refractivity (Wildman–Crippen MR) is 82.5 cm³/mol. The fraction of sp³-hybridized carbons (Fsp3) is 0.154. The van der Waals surface area contributed by atoms with Crippen LogP contribution >= 0.6 is 11.3 Å². The standard InChI is InChI=1S/C13H12N4O5S/c18-11(16-12-14-7-10(23-12)17(21)22)9(15-13(19)20)6-8-4-2-1-3-5-8/h1-5,7,9,15H,6H2,(H,19,20)(H,14,16,18). The summed E-state index contributed by atoms with van der Waals surface area (Å²) in [7, 11) is 0. The maximum atomic E-state index is 12.2. The average Bonchev–Trinajstić information content (AvgIpc) is 2.96. The lowest BCUT2D eigenvalue weighted by Crippen LogP contribution is -2.44. The van der Waals surface area contributed by atoms with Gasteiger partial charge in [0.15, 0.2) is 5.13 Å². The minimum atomic E-state index is -1.34. The van der Waals surface area contributed by atoms with Gasteiger partial charge in [-0.2, -0.15) is 0 Å². The third kappa shape index (κ3) is 4.74. The molecule has 0 radical (unpaired) electrons. The molecule has 0 fully saturated rings. The number of nitro groups is 1. The van der Waals surface area contributed by atoms with Gasteiger partial charge in [-0.15, -0.1) is 0 Å². The SMILES string of the molecule is O=C(O)NC(Cc1ccccc1)C(=O)Nc1ncc([N+](=O)[O-])s1. The molecule has 0 bridgehead atoms. The van der Waals surface area contributed by atoms with Gasteiger partial charge in [-0.25, -0.2) is 9.78 Å². The highest BCUT2D eigenvalue weighted by molar-refractivity contribution is 7.18. The zero-order valence-corrected chi connectivity index (χ0v) is 12.4. The number of amides is 2. The Kier molecular flexibility index (Phi) is 5.20. The van der Waals surface area contributed by atoms with E-state index >= 15 is 0 Å². The van der Waals surface area contributed by atoms with Crippen molar-refractivity contribution in [2.75, 3.05) is 5.32 Å². The second-order valence-electron chi connectivity index (χ2n) is 4.44. The number of aromatic nitrogens is 1. The molecule has 0 aliphatic carbocycles. The molecule has 1 unspecified atom stereocenters. The van der Waals surface area contributed by atoms with E-state index in [1.165, 1.54) is 0 Å². The van der Waals surface area contributed by atoms with Crippen LogP contribution in [0.1, 0.15) is 5.56 Å². The zero-order valence-electron chi connectivity index (χ0n) is 11.6. The number of rotatable bonds is 6. The molecule has 0 saturated heterocycles. The Hall–Kier alpha value is -3.01. The van der Waals surface area contributed by atoms with Crippen molar-refractivity contribution in [3.8, 4) is 0 Å². The minimum absolute atomic E-state index is 0.0342. The lowest BCUT2D eigenvalue weighted by atomic mass is 10.1. The third-order valence-electron chi connectivity index (χ3n) is 2.80. The van der Waals surface area contributed by atoms with Crippen LogP contribution in [0.2, 0.25) is 0 Å². The molecule has 1 heterocycles. The van der Waals surface area contributed by atoms with Crippen LogP contribution in [0.3, 0.4) is 0 Å². The fourth-order valence-electron chi connectivity index (χ4n) is 1.81. The summed E-state index contributed by atoms with van der Waals surface area (Å²) in [5.41, 5.74) is 0.770. The van der Waals surface area contributed by atoms with Crippen LogP contribution in [0, 0.1) is 10.1 Å². The lowest BCUT2D eigenvalue weighted by Gasteiger charge is -2.15. The van der Waals surface area contributed by atoms with Crippen molar-refractivity contribution in [1.82, 2.24) is 10.3 Å². The van der Waals surface area contributed by atoms with Crippen molar-refractivity contribution < 1.29 is 19.6 Å². The molecule has 0 aliphatic rings. The highest BCUT2D eigenvalue weighted by atomic mass is 32.1. The number of carbonyl (C=O) groups is 2. The number of nitrogens with zero attached hydrogens (tertiary/aromatic N) is 2. The Morgan fingerprint density at radius 1 is 1.35 bits per heavy atom. The summed E-state index contributed by atoms with van der Waals surface area (Å²) in [6.45, 7) is 0. The van der Waals surface area contributed by atoms with E-state index in [4.69, 9.17) is 5.11 Å². The molecular formula is C13H12N4O5S. The van der Waals surface area contributed by atoms with Gasteiger partial charge in [-0.3, -0.25) is 20.2 Å². The van der Waals surface area contributed by atoms with Gasteiger partial charge in [0.2, 0.25) is 5.91 Å². The van der Waals surface area contributed by atoms with E-state index in [1.54, 1.807) is 30.3 Å². The summed E-state index contributed by atoms with van der Waals surface area (Å²) in [5.74, 6) is -0.638. The van der Waals surface area contributed by atoms with E-state index in [2.05, 4.69) is 15.6 Å². The van der Waals surface area contributed by atoms with Crippen LogP contribution in [0.5, 0.6) is 0 Å². The maximum absolute atomic E-state index is 12.2. The molecule has 10 heteroatoms. The van der Waals surface area contributed by atoms with E-state index in [9.17, 15) is 19.7 Å². The van der Waals surface area contributed by atoms with Crippen LogP contribution in [0.15, 0.2) is 36.5 Å². The fourth-order valence-corrected chi connectivity index (χ4v) is 2.44. The Labute approximate surface area is 134 Å². The normalized spacial score (nSPS) is 11.5. The first-order valence-electron chi connectivity index (χ1n) is 6.40. The lowest BCUT2D eigenvalue weighted by molar-refractivity contribution is -0.380. The van der Waals surface area contributed by atoms with E-state index < -0.39 is 23.0 Å². The van der Waals surface area contributed by atoms with Crippen LogP contribution in [-0.2, 0) is 11.2 Å². The van der Waals surface area contributed by atoms with Crippen LogP contribution in [-0.4, -0.2) is 33.1 Å². The van der Waals surface area contributed by atoms with Crippen molar-refractivity contribution >= 4 is 33.5 Å². The molecule has 0 saturated carbocycles. The Morgan fingerprint density at radius 2 is 2.04 bits per heavy atom. The molecule has 0 aliphatic heterocycles. The predicted octanol–water partition coefficient (Wildman–Crippen LogP) is 1.87. The van der Waals surface area contributed by atoms with E-state index in [0.29, 0.717) is 11.3 Å². The van der Waals surface area contributed by atoms with Gasteiger partial charge in [0.05, 0.1) is 4.92 Å². The summed E-state index contributed by atoms with van der Waals surface area (Å²) in [6.07, 6.45) is -0.171. The molecule has 2 rings (SSSR count). The van der Waals surface area contributed by atoms with Crippen molar-refractivity contribution in [2.24, 2.45) is 0 Å². The van der Waals surface area contributed by atoms with E-state index in [0.717, 1.165) is 11.8 Å². The number of hydrogen-bond donors (Lipinski definition) is 3. The summed E-state index contributed by atoms with van der Waals surface area (Å²) >= 11 is 0.695. The van der Waals surface area contributed by atoms with Gasteiger partial charge < -0.3 is 10.4 Å². The van der Waals surface area contributed by atoms with Crippen molar-refractivity contribution in [3.63, 3.8) is 0 Å². The van der Waals surface area contributed by atoms with Crippen LogP contribution in [0.25, 0.3) is 0 Å². The summed E-state index contributed by atoms with van der Waals surface area (Å²) in [6, 6.07) is 7.83. The summed E-state index contributed by atoms with van der Waals surface area (Å²) in [5, 5.41) is 23.8. The largest absolute Gasteiger partial charge is 0.465 e. The molecule has 1 aromatic heterocycles. The van der Waals surface area contributed by atoms with Crippen molar-refractivity contribution in [1.29, 1.82) is 0 Å². The van der Waals surface area contributed by atoms with Crippen LogP contribution in [0.4, 0.5) is 14.9 Å². The highest BCUT2D eigenvalue weighted by Crippen LogP contribution is 2.25. The molecule has 1 atom stereocenters. The Balaban J connectivity index is 2.09. The third-order valence-corrected chi connectivity index (χ3v) is 3.66. The molecule has 2 aromatic rings. The van der Waals surface area contributed by atoms with Crippen molar-refractivity contribution in [3.05, 3.63) is 52.2 Å². The topological polar surface area (TPSA) is 134 Å². The van der Waals surface area contributed by atoms with Crippen LogP contribution < -0.4 is 10.6 Å². The Morgan fingerprint density at radius 3 is 2.61 bits per heavy atom. The number of anilines is 1. The van der Waals surface area contributed by atoms with Gasteiger partial charge >= 0.3 is 11.1 Å². The second kappa shape index (κ2) is 7.31. The number of benzene rings is 1. The number of thiazole rings is 1. The molecule has 23 heavy (non-hydrogen) atoms. The molecule has 9 nitrogen and oxygen atoms in total. The summed E-state index contributed by atoms with van der Waals surface area (Å²) in [4.78, 5) is 36.7. The molecule has 1 aromatic carbocycles. The zero-order chi connectivity index (χ0) is 16.8. The number of carboxylic acid groups (broad SMARTS) is 1. The average molecular weight is 336 g/mol. The van der Waals surface area contributed by atoms with Gasteiger partial charge in [0.1, 0.15) is 12.2 Å². The van der Waals surface area contributed by atoms with Gasteiger partial charge in [0.25, 0.3) is 0 Å². The molecule has 3 N–H and O–H groups in total. The Bertz CT molecular complexity index is 718. The molecule has 2 amide bonds.